The van der Waals surface area contributed by atoms with Gasteiger partial charge in [-0.15, -0.1) is 0 Å². The van der Waals surface area contributed by atoms with Gasteiger partial charge in [0, 0.05) is 42.2 Å². The van der Waals surface area contributed by atoms with Gasteiger partial charge in [0.15, 0.2) is 0 Å². The summed E-state index contributed by atoms with van der Waals surface area (Å²) < 4.78 is 24.6. The molecule has 1 aliphatic rings. The van der Waals surface area contributed by atoms with E-state index in [0.717, 1.165) is 9.79 Å². The molecule has 2 aromatic rings. The van der Waals surface area contributed by atoms with Crippen molar-refractivity contribution >= 4 is 33.4 Å². The summed E-state index contributed by atoms with van der Waals surface area (Å²) in [5, 5.41) is 12.3. The molecule has 30 heavy (non-hydrogen) atoms. The van der Waals surface area contributed by atoms with Gasteiger partial charge in [0.2, 0.25) is 10.0 Å². The summed E-state index contributed by atoms with van der Waals surface area (Å²) >= 11 is 1.52. The molecule has 2 aromatic carbocycles. The Morgan fingerprint density at radius 1 is 1.07 bits per heavy atom. The first-order valence-corrected chi connectivity index (χ1v) is 12.0. The zero-order valence-corrected chi connectivity index (χ0v) is 18.1. The van der Waals surface area contributed by atoms with Crippen molar-refractivity contribution in [2.45, 2.75) is 9.79 Å². The Kier molecular flexibility index (Phi) is 7.15. The number of sulfonamides is 1. The second-order valence-corrected chi connectivity index (χ2v) is 9.82. The van der Waals surface area contributed by atoms with E-state index in [0.29, 0.717) is 31.9 Å². The highest BCUT2D eigenvalue weighted by Crippen LogP contribution is 2.33. The van der Waals surface area contributed by atoms with E-state index in [2.05, 4.69) is 5.32 Å². The van der Waals surface area contributed by atoms with Gasteiger partial charge in [-0.1, -0.05) is 42.1 Å². The van der Waals surface area contributed by atoms with Crippen LogP contribution < -0.4 is 5.32 Å². The van der Waals surface area contributed by atoms with Gasteiger partial charge in [0.25, 0.3) is 5.91 Å². The fourth-order valence-electron chi connectivity index (χ4n) is 2.95. The molecule has 156 valence electrons. The molecule has 1 fully saturated rings. The van der Waals surface area contributed by atoms with E-state index in [1.807, 2.05) is 54.6 Å². The molecular weight excluding hydrogens is 420 g/mol. The number of nitrogens with one attached hydrogen (secondary N) is 1. The molecule has 7 nitrogen and oxygen atoms in total. The Labute approximate surface area is 181 Å². The van der Waals surface area contributed by atoms with Crippen molar-refractivity contribution in [3.63, 3.8) is 0 Å². The maximum Gasteiger partial charge on any atom is 0.267 e. The van der Waals surface area contributed by atoms with Crippen LogP contribution in [0.2, 0.25) is 0 Å². The third-order valence-electron chi connectivity index (χ3n) is 4.53. The Morgan fingerprint density at radius 3 is 2.33 bits per heavy atom. The molecule has 0 aromatic heterocycles. The highest BCUT2D eigenvalue weighted by Gasteiger charge is 2.23. The van der Waals surface area contributed by atoms with E-state index in [-0.39, 0.29) is 5.57 Å². The van der Waals surface area contributed by atoms with E-state index < -0.39 is 15.9 Å². The number of carbonyl (C=O) groups excluding carboxylic acids is 1. The topological polar surface area (TPSA) is 93.5 Å². The second kappa shape index (κ2) is 9.80. The highest BCUT2D eigenvalue weighted by molar-refractivity contribution is 7.99. The summed E-state index contributed by atoms with van der Waals surface area (Å²) in [5.74, 6) is -0.496. The molecule has 1 aliphatic heterocycles. The van der Waals surface area contributed by atoms with Crippen LogP contribution in [0.25, 0.3) is 0 Å². The number of amides is 1. The van der Waals surface area contributed by atoms with Gasteiger partial charge < -0.3 is 10.2 Å². The van der Waals surface area contributed by atoms with Gasteiger partial charge in [0.1, 0.15) is 11.6 Å². The summed E-state index contributed by atoms with van der Waals surface area (Å²) in [6.07, 6.45) is 2.68. The number of rotatable bonds is 6. The number of nitrogens with zero attached hydrogens (tertiary/aromatic N) is 3. The Hall–Kier alpha value is -2.80. The fraction of sp³-hybridized carbons (Fsp3) is 0.238. The first kappa shape index (κ1) is 21.9. The van der Waals surface area contributed by atoms with Crippen LogP contribution in [0.15, 0.2) is 76.2 Å². The van der Waals surface area contributed by atoms with Crippen LogP contribution in [0.3, 0.4) is 0 Å². The molecule has 0 atom stereocenters. The van der Waals surface area contributed by atoms with E-state index >= 15 is 0 Å². The molecule has 0 radical (unpaired) electrons. The molecule has 3 rings (SSSR count). The molecule has 1 amide bonds. The lowest BCUT2D eigenvalue weighted by Gasteiger charge is -2.32. The van der Waals surface area contributed by atoms with E-state index in [1.54, 1.807) is 11.0 Å². The number of piperazine rings is 1. The maximum absolute atomic E-state index is 12.7. The zero-order valence-electron chi connectivity index (χ0n) is 16.5. The largest absolute Gasteiger partial charge is 0.373 e. The smallest absolute Gasteiger partial charge is 0.267 e. The molecule has 1 heterocycles. The average molecular weight is 443 g/mol. The SMILES string of the molecule is CS(=O)(=O)N1CCN(/C=C(/C#N)C(=O)Nc2ccccc2Sc2ccccc2)CC1. The Balaban J connectivity index is 1.69. The standard InChI is InChI=1S/C21H22N4O3S2/c1-30(27,28)25-13-11-24(12-14-25)16-17(15-22)21(26)23-19-9-5-6-10-20(19)29-18-7-3-2-4-8-18/h2-10,16H,11-14H2,1H3,(H,23,26)/b17-16-. The van der Waals surface area contributed by atoms with Crippen molar-refractivity contribution in [1.29, 1.82) is 5.26 Å². The van der Waals surface area contributed by atoms with Crippen molar-refractivity contribution in [2.75, 3.05) is 37.8 Å². The predicted molar refractivity (Wildman–Crippen MR) is 117 cm³/mol. The minimum Gasteiger partial charge on any atom is -0.373 e. The van der Waals surface area contributed by atoms with E-state index in [9.17, 15) is 18.5 Å². The van der Waals surface area contributed by atoms with Crippen molar-refractivity contribution in [3.05, 3.63) is 66.4 Å². The number of anilines is 1. The number of nitriles is 1. The third-order valence-corrected chi connectivity index (χ3v) is 6.91. The lowest BCUT2D eigenvalue weighted by molar-refractivity contribution is -0.112. The summed E-state index contributed by atoms with van der Waals surface area (Å²) in [7, 11) is -3.23. The van der Waals surface area contributed by atoms with Gasteiger partial charge in [0.05, 0.1) is 11.9 Å². The molecule has 0 aliphatic carbocycles. The average Bonchev–Trinajstić information content (AvgIpc) is 2.74. The third kappa shape index (κ3) is 5.86. The minimum absolute atomic E-state index is 0.0256. The number of hydrogen-bond acceptors (Lipinski definition) is 6. The van der Waals surface area contributed by atoms with E-state index in [4.69, 9.17) is 0 Å². The highest BCUT2D eigenvalue weighted by atomic mass is 32.2. The van der Waals surface area contributed by atoms with Crippen molar-refractivity contribution in [3.8, 4) is 6.07 Å². The number of para-hydroxylation sites is 1. The number of carbonyl (C=O) groups is 1. The normalized spacial score (nSPS) is 15.5. The molecule has 1 N–H and O–H groups in total. The van der Waals surface area contributed by atoms with Crippen LogP contribution in [0, 0.1) is 11.3 Å². The lowest BCUT2D eigenvalue weighted by atomic mass is 10.2. The van der Waals surface area contributed by atoms with Gasteiger partial charge in [-0.3, -0.25) is 4.79 Å². The molecule has 1 saturated heterocycles. The predicted octanol–water partition coefficient (Wildman–Crippen LogP) is 2.76. The van der Waals surface area contributed by atoms with Crippen molar-refractivity contribution in [2.24, 2.45) is 0 Å². The fourth-order valence-corrected chi connectivity index (χ4v) is 4.70. The van der Waals surface area contributed by atoms with Gasteiger partial charge in [-0.25, -0.2) is 8.42 Å². The minimum atomic E-state index is -3.23. The van der Waals surface area contributed by atoms with Gasteiger partial charge in [-0.05, 0) is 24.3 Å². The summed E-state index contributed by atoms with van der Waals surface area (Å²) in [5.41, 5.74) is 0.599. The molecular formula is C21H22N4O3S2. The van der Waals surface area contributed by atoms with Gasteiger partial charge >= 0.3 is 0 Å². The Morgan fingerprint density at radius 2 is 1.70 bits per heavy atom. The van der Waals surface area contributed by atoms with Crippen LogP contribution in [-0.4, -0.2) is 56.0 Å². The lowest BCUT2D eigenvalue weighted by Crippen LogP contribution is -2.46. The molecule has 0 bridgehead atoms. The van der Waals surface area contributed by atoms with Crippen molar-refractivity contribution < 1.29 is 13.2 Å². The molecule has 0 saturated carbocycles. The molecule has 0 spiro atoms. The summed E-state index contributed by atoms with van der Waals surface area (Å²) in [6, 6.07) is 19.2. The Bertz CT molecular complexity index is 1070. The maximum atomic E-state index is 12.7. The van der Waals surface area contributed by atoms with Crippen LogP contribution in [0.4, 0.5) is 5.69 Å². The quantitative estimate of drug-likeness (QED) is 0.546. The van der Waals surface area contributed by atoms with Crippen LogP contribution >= 0.6 is 11.8 Å². The summed E-state index contributed by atoms with van der Waals surface area (Å²) in [4.78, 5) is 16.4. The first-order chi connectivity index (χ1) is 14.4. The second-order valence-electron chi connectivity index (χ2n) is 6.72. The molecule has 0 unspecified atom stereocenters. The molecule has 9 heteroatoms. The zero-order chi connectivity index (χ0) is 21.6. The van der Waals surface area contributed by atoms with Gasteiger partial charge in [-0.2, -0.15) is 9.57 Å². The first-order valence-electron chi connectivity index (χ1n) is 9.31. The number of benzene rings is 2. The summed E-state index contributed by atoms with van der Waals surface area (Å²) in [6.45, 7) is 1.50. The monoisotopic (exact) mass is 442 g/mol. The van der Waals surface area contributed by atoms with Crippen molar-refractivity contribution in [1.82, 2.24) is 9.21 Å². The number of hydrogen-bond donors (Lipinski definition) is 1. The van der Waals surface area contributed by atoms with Crippen LogP contribution in [0.1, 0.15) is 0 Å². The van der Waals surface area contributed by atoms with Crippen LogP contribution in [-0.2, 0) is 14.8 Å². The van der Waals surface area contributed by atoms with E-state index in [1.165, 1.54) is 28.5 Å². The van der Waals surface area contributed by atoms with Crippen LogP contribution in [0.5, 0.6) is 0 Å².